The van der Waals surface area contributed by atoms with Gasteiger partial charge in [0, 0.05) is 6.08 Å². The van der Waals surface area contributed by atoms with Crippen molar-refractivity contribution in [3.63, 3.8) is 0 Å². The van der Waals surface area contributed by atoms with E-state index in [1.165, 1.54) is 18.2 Å². The van der Waals surface area contributed by atoms with Crippen LogP contribution in [0.25, 0.3) is 6.08 Å². The van der Waals surface area contributed by atoms with E-state index in [0.717, 1.165) is 28.3 Å². The lowest BCUT2D eigenvalue weighted by atomic mass is 10.2. The Morgan fingerprint density at radius 1 is 1.14 bits per heavy atom. The molecular formula is C22H22FN3O2. The maximum absolute atomic E-state index is 13.1. The standard InChI is InChI=1S/C22H22FN3O2/c1-15-22(16(2)26(25-15)14-18-4-9-19(23)10-5-18)24-21(27)13-8-17-6-11-20(28-3)12-7-17/h4-13H,14H2,1-3H3,(H,24,27)/b13-8+. The highest BCUT2D eigenvalue weighted by Crippen LogP contribution is 2.21. The van der Waals surface area contributed by atoms with E-state index in [4.69, 9.17) is 4.74 Å². The largest absolute Gasteiger partial charge is 0.497 e. The Labute approximate surface area is 163 Å². The van der Waals surface area contributed by atoms with Gasteiger partial charge < -0.3 is 10.1 Å². The number of methoxy groups -OCH3 is 1. The zero-order valence-corrected chi connectivity index (χ0v) is 16.1. The normalized spacial score (nSPS) is 11.0. The summed E-state index contributed by atoms with van der Waals surface area (Å²) in [7, 11) is 1.61. The van der Waals surface area contributed by atoms with Crippen molar-refractivity contribution in [3.8, 4) is 5.75 Å². The Kier molecular flexibility index (Phi) is 5.89. The first kappa shape index (κ1) is 19.4. The number of carbonyl (C=O) groups is 1. The predicted molar refractivity (Wildman–Crippen MR) is 108 cm³/mol. The van der Waals surface area contributed by atoms with Gasteiger partial charge in [0.15, 0.2) is 0 Å². The molecule has 1 N–H and O–H groups in total. The highest BCUT2D eigenvalue weighted by atomic mass is 19.1. The summed E-state index contributed by atoms with van der Waals surface area (Å²) in [6, 6.07) is 13.7. The van der Waals surface area contributed by atoms with Crippen LogP contribution in [0, 0.1) is 19.7 Å². The van der Waals surface area contributed by atoms with E-state index in [2.05, 4.69) is 10.4 Å². The average molecular weight is 379 g/mol. The zero-order chi connectivity index (χ0) is 20.1. The van der Waals surface area contributed by atoms with Gasteiger partial charge in [-0.1, -0.05) is 24.3 Å². The minimum atomic E-state index is -0.270. The molecule has 0 saturated heterocycles. The van der Waals surface area contributed by atoms with E-state index < -0.39 is 0 Å². The van der Waals surface area contributed by atoms with Crippen LogP contribution >= 0.6 is 0 Å². The van der Waals surface area contributed by atoms with Crippen LogP contribution in [-0.2, 0) is 11.3 Å². The molecule has 1 aromatic heterocycles. The molecule has 0 bridgehead atoms. The lowest BCUT2D eigenvalue weighted by Crippen LogP contribution is -2.10. The van der Waals surface area contributed by atoms with E-state index in [9.17, 15) is 9.18 Å². The summed E-state index contributed by atoms with van der Waals surface area (Å²) >= 11 is 0. The summed E-state index contributed by atoms with van der Waals surface area (Å²) < 4.78 is 20.0. The maximum Gasteiger partial charge on any atom is 0.248 e. The number of aromatic nitrogens is 2. The van der Waals surface area contributed by atoms with E-state index in [-0.39, 0.29) is 11.7 Å². The van der Waals surface area contributed by atoms with Gasteiger partial charge in [-0.05, 0) is 55.3 Å². The number of nitrogens with one attached hydrogen (secondary N) is 1. The van der Waals surface area contributed by atoms with Gasteiger partial charge in [-0.15, -0.1) is 0 Å². The van der Waals surface area contributed by atoms with E-state index in [1.807, 2.05) is 38.1 Å². The Bertz CT molecular complexity index is 990. The summed E-state index contributed by atoms with van der Waals surface area (Å²) in [5.74, 6) is 0.262. The molecule has 3 rings (SSSR count). The second-order valence-electron chi connectivity index (χ2n) is 6.43. The van der Waals surface area contributed by atoms with Crippen molar-refractivity contribution >= 4 is 17.7 Å². The summed E-state index contributed by atoms with van der Waals surface area (Å²) in [4.78, 5) is 12.3. The molecule has 28 heavy (non-hydrogen) atoms. The number of hydrogen-bond donors (Lipinski definition) is 1. The monoisotopic (exact) mass is 379 g/mol. The first-order valence-electron chi connectivity index (χ1n) is 8.88. The number of rotatable bonds is 6. The molecule has 144 valence electrons. The first-order chi connectivity index (χ1) is 13.5. The smallest absolute Gasteiger partial charge is 0.248 e. The van der Waals surface area contributed by atoms with Gasteiger partial charge >= 0.3 is 0 Å². The molecule has 1 amide bonds. The summed E-state index contributed by atoms with van der Waals surface area (Å²) in [5.41, 5.74) is 4.09. The summed E-state index contributed by atoms with van der Waals surface area (Å²) in [6.45, 7) is 4.24. The van der Waals surface area contributed by atoms with Crippen molar-refractivity contribution in [2.24, 2.45) is 0 Å². The maximum atomic E-state index is 13.1. The SMILES string of the molecule is COc1ccc(/C=C/C(=O)Nc2c(C)nn(Cc3ccc(F)cc3)c2C)cc1. The molecule has 5 nitrogen and oxygen atoms in total. The van der Waals surface area contributed by atoms with Crippen LogP contribution in [0.15, 0.2) is 54.6 Å². The highest BCUT2D eigenvalue weighted by molar-refractivity contribution is 6.02. The fourth-order valence-corrected chi connectivity index (χ4v) is 2.85. The zero-order valence-electron chi connectivity index (χ0n) is 16.1. The van der Waals surface area contributed by atoms with Crippen molar-refractivity contribution < 1.29 is 13.9 Å². The lowest BCUT2D eigenvalue weighted by molar-refractivity contribution is -0.111. The van der Waals surface area contributed by atoms with E-state index >= 15 is 0 Å². The molecule has 0 radical (unpaired) electrons. The quantitative estimate of drug-likeness (QED) is 0.648. The van der Waals surface area contributed by atoms with Crippen LogP contribution in [0.1, 0.15) is 22.5 Å². The molecule has 0 aliphatic carbocycles. The summed E-state index contributed by atoms with van der Waals surface area (Å²) in [5, 5.41) is 7.38. The number of nitrogens with zero attached hydrogens (tertiary/aromatic N) is 2. The van der Waals surface area contributed by atoms with Crippen molar-refractivity contribution in [1.29, 1.82) is 0 Å². The predicted octanol–water partition coefficient (Wildman–Crippen LogP) is 4.35. The molecule has 0 aliphatic heterocycles. The van der Waals surface area contributed by atoms with Crippen LogP contribution in [-0.4, -0.2) is 22.8 Å². The number of anilines is 1. The fraction of sp³-hybridized carbons (Fsp3) is 0.182. The lowest BCUT2D eigenvalue weighted by Gasteiger charge is -2.06. The second kappa shape index (κ2) is 8.52. The van der Waals surface area contributed by atoms with Gasteiger partial charge in [-0.2, -0.15) is 5.10 Å². The minimum Gasteiger partial charge on any atom is -0.497 e. The van der Waals surface area contributed by atoms with Crippen molar-refractivity contribution in [1.82, 2.24) is 9.78 Å². The molecule has 6 heteroatoms. The third-order valence-electron chi connectivity index (χ3n) is 4.42. The topological polar surface area (TPSA) is 56.1 Å². The molecule has 0 saturated carbocycles. The fourth-order valence-electron chi connectivity index (χ4n) is 2.85. The molecule has 2 aromatic carbocycles. The molecule has 1 heterocycles. The Morgan fingerprint density at radius 3 is 2.46 bits per heavy atom. The second-order valence-corrected chi connectivity index (χ2v) is 6.43. The van der Waals surface area contributed by atoms with Gasteiger partial charge in [0.1, 0.15) is 11.6 Å². The van der Waals surface area contributed by atoms with E-state index in [1.54, 1.807) is 30.0 Å². The highest BCUT2D eigenvalue weighted by Gasteiger charge is 2.13. The Morgan fingerprint density at radius 2 is 1.82 bits per heavy atom. The van der Waals surface area contributed by atoms with Gasteiger partial charge in [0.05, 0.1) is 30.7 Å². The summed E-state index contributed by atoms with van der Waals surface area (Å²) in [6.07, 6.45) is 3.22. The Hall–Kier alpha value is -3.41. The van der Waals surface area contributed by atoms with Crippen LogP contribution in [0.5, 0.6) is 5.75 Å². The van der Waals surface area contributed by atoms with Gasteiger partial charge in [0.25, 0.3) is 0 Å². The van der Waals surface area contributed by atoms with Crippen LogP contribution in [0.3, 0.4) is 0 Å². The molecule has 0 fully saturated rings. The van der Waals surface area contributed by atoms with Crippen LogP contribution in [0.4, 0.5) is 10.1 Å². The number of carbonyl (C=O) groups excluding carboxylic acids is 1. The van der Waals surface area contributed by atoms with Crippen molar-refractivity contribution in [2.75, 3.05) is 12.4 Å². The number of ether oxygens (including phenoxy) is 1. The van der Waals surface area contributed by atoms with Gasteiger partial charge in [-0.3, -0.25) is 9.48 Å². The van der Waals surface area contributed by atoms with E-state index in [0.29, 0.717) is 12.2 Å². The number of amides is 1. The van der Waals surface area contributed by atoms with Gasteiger partial charge in [0.2, 0.25) is 5.91 Å². The van der Waals surface area contributed by atoms with Crippen LogP contribution in [0.2, 0.25) is 0 Å². The number of aryl methyl sites for hydroxylation is 1. The molecule has 0 unspecified atom stereocenters. The van der Waals surface area contributed by atoms with Gasteiger partial charge in [-0.25, -0.2) is 4.39 Å². The third kappa shape index (κ3) is 4.65. The minimum absolute atomic E-state index is 0.233. The number of hydrogen-bond acceptors (Lipinski definition) is 3. The molecule has 0 atom stereocenters. The molecular weight excluding hydrogens is 357 g/mol. The van der Waals surface area contributed by atoms with Crippen molar-refractivity contribution in [2.45, 2.75) is 20.4 Å². The molecule has 0 spiro atoms. The number of benzene rings is 2. The molecule has 0 aliphatic rings. The Balaban J connectivity index is 1.69. The number of halogens is 1. The first-order valence-corrected chi connectivity index (χ1v) is 8.88. The average Bonchev–Trinajstić information content (AvgIpc) is 2.96. The molecule has 3 aromatic rings. The third-order valence-corrected chi connectivity index (χ3v) is 4.42. The van der Waals surface area contributed by atoms with Crippen LogP contribution < -0.4 is 10.1 Å². The van der Waals surface area contributed by atoms with Crippen molar-refractivity contribution in [3.05, 3.63) is 82.9 Å².